The minimum Gasteiger partial charge on any atom is -0.456 e. The van der Waals surface area contributed by atoms with Crippen LogP contribution in [0, 0.1) is 0 Å². The van der Waals surface area contributed by atoms with E-state index in [1.54, 1.807) is 0 Å². The van der Waals surface area contributed by atoms with Crippen molar-refractivity contribution in [2.24, 2.45) is 0 Å². The molecule has 0 saturated carbocycles. The smallest absolute Gasteiger partial charge is 0.135 e. The van der Waals surface area contributed by atoms with E-state index in [0.29, 0.717) is 0 Å². The van der Waals surface area contributed by atoms with E-state index in [1.807, 2.05) is 29.5 Å². The molecule has 0 unspecified atom stereocenters. The first kappa shape index (κ1) is 30.8. The maximum atomic E-state index is 6.23. The lowest BCUT2D eigenvalue weighted by Crippen LogP contribution is -1.92. The summed E-state index contributed by atoms with van der Waals surface area (Å²) in [6.45, 7) is 0. The van der Waals surface area contributed by atoms with Crippen molar-refractivity contribution in [2.45, 2.75) is 0 Å². The van der Waals surface area contributed by atoms with Gasteiger partial charge in [-0.2, -0.15) is 0 Å². The van der Waals surface area contributed by atoms with Crippen LogP contribution in [0.3, 0.4) is 0 Å². The van der Waals surface area contributed by atoms with Crippen LogP contribution in [0.1, 0.15) is 0 Å². The fraction of sp³-hybridized carbons (Fsp3) is 0. The maximum Gasteiger partial charge on any atom is 0.135 e. The average Bonchev–Trinajstić information content (AvgIpc) is 3.87. The summed E-state index contributed by atoms with van der Waals surface area (Å²) in [4.78, 5) is 1.25. The van der Waals surface area contributed by atoms with Gasteiger partial charge < -0.3 is 4.42 Å². The van der Waals surface area contributed by atoms with E-state index in [-0.39, 0.29) is 0 Å². The second kappa shape index (κ2) is 12.4. The first-order valence-electron chi connectivity index (χ1n) is 18.4. The molecule has 252 valence electrons. The fourth-order valence-corrected chi connectivity index (χ4v) is 9.37. The molecular formula is C52H32OS. The minimum absolute atomic E-state index is 0.895. The number of hydrogen-bond acceptors (Lipinski definition) is 2. The number of hydrogen-bond donors (Lipinski definition) is 0. The highest BCUT2D eigenvalue weighted by molar-refractivity contribution is 7.22. The lowest BCUT2D eigenvalue weighted by molar-refractivity contribution is 0.631. The Kier molecular flexibility index (Phi) is 7.11. The van der Waals surface area contributed by atoms with Crippen molar-refractivity contribution in [2.75, 3.05) is 0 Å². The van der Waals surface area contributed by atoms with Crippen molar-refractivity contribution >= 4 is 64.7 Å². The number of furan rings is 1. The molecule has 0 saturated heterocycles. The summed E-state index contributed by atoms with van der Waals surface area (Å²) in [5.74, 6) is 0.895. The molecule has 0 atom stereocenters. The van der Waals surface area contributed by atoms with Crippen LogP contribution in [-0.4, -0.2) is 0 Å². The maximum absolute atomic E-state index is 6.23. The van der Waals surface area contributed by atoms with Gasteiger partial charge >= 0.3 is 0 Å². The third-order valence-electron chi connectivity index (χ3n) is 10.8. The van der Waals surface area contributed by atoms with Gasteiger partial charge in [0.1, 0.15) is 11.3 Å². The highest BCUT2D eigenvalue weighted by Crippen LogP contribution is 2.47. The zero-order valence-corrected chi connectivity index (χ0v) is 30.1. The predicted octanol–water partition coefficient (Wildman–Crippen LogP) is 15.4. The van der Waals surface area contributed by atoms with Gasteiger partial charge in [-0.15, -0.1) is 11.3 Å². The van der Waals surface area contributed by atoms with Crippen LogP contribution in [0.5, 0.6) is 0 Å². The van der Waals surface area contributed by atoms with Crippen LogP contribution < -0.4 is 0 Å². The monoisotopic (exact) mass is 704 g/mol. The Morgan fingerprint density at radius 2 is 0.907 bits per heavy atom. The Bertz CT molecular complexity index is 3150. The normalized spacial score (nSPS) is 11.7. The number of thiophene rings is 1. The molecule has 9 aromatic carbocycles. The molecule has 2 heteroatoms. The molecule has 0 spiro atoms. The Hall–Kier alpha value is -6.74. The SMILES string of the molecule is c1ccc(-c2cc(-c3c4ccccc4c(-c4ccc5sc(-c6ccc7oc(-c8ccccc8)cc7c6)cc5c4)c4ccccc34)c3ccccc3c2)cc1. The molecule has 11 aromatic rings. The molecule has 0 aliphatic heterocycles. The van der Waals surface area contributed by atoms with Crippen molar-refractivity contribution in [1.29, 1.82) is 0 Å². The van der Waals surface area contributed by atoms with Gasteiger partial charge in [0.25, 0.3) is 0 Å². The van der Waals surface area contributed by atoms with E-state index < -0.39 is 0 Å². The topological polar surface area (TPSA) is 13.1 Å². The average molecular weight is 705 g/mol. The highest BCUT2D eigenvalue weighted by Gasteiger charge is 2.19. The first-order valence-corrected chi connectivity index (χ1v) is 19.2. The van der Waals surface area contributed by atoms with E-state index in [2.05, 4.69) is 176 Å². The number of rotatable bonds is 5. The second-order valence-corrected chi connectivity index (χ2v) is 15.1. The molecule has 0 N–H and O–H groups in total. The quantitative estimate of drug-likeness (QED) is 0.163. The van der Waals surface area contributed by atoms with E-state index in [1.165, 1.54) is 86.2 Å². The second-order valence-electron chi connectivity index (χ2n) is 14.0. The van der Waals surface area contributed by atoms with Gasteiger partial charge in [-0.3, -0.25) is 0 Å². The van der Waals surface area contributed by atoms with E-state index in [0.717, 1.165) is 22.3 Å². The van der Waals surface area contributed by atoms with Crippen LogP contribution in [0.15, 0.2) is 199 Å². The van der Waals surface area contributed by atoms with Gasteiger partial charge in [-0.1, -0.05) is 140 Å². The molecule has 0 aliphatic rings. The number of fused-ring (bicyclic) bond motifs is 5. The van der Waals surface area contributed by atoms with Crippen molar-refractivity contribution in [3.8, 4) is 55.1 Å². The Morgan fingerprint density at radius 3 is 1.63 bits per heavy atom. The van der Waals surface area contributed by atoms with Gasteiger partial charge in [0, 0.05) is 20.5 Å². The van der Waals surface area contributed by atoms with Crippen molar-refractivity contribution in [3.05, 3.63) is 194 Å². The third kappa shape index (κ3) is 5.07. The molecule has 2 aromatic heterocycles. The van der Waals surface area contributed by atoms with Crippen LogP contribution in [0.25, 0.3) is 109 Å². The van der Waals surface area contributed by atoms with Crippen molar-refractivity contribution in [3.63, 3.8) is 0 Å². The van der Waals surface area contributed by atoms with Crippen LogP contribution >= 0.6 is 11.3 Å². The Balaban J connectivity index is 1.08. The zero-order chi connectivity index (χ0) is 35.6. The fourth-order valence-electron chi connectivity index (χ4n) is 8.33. The van der Waals surface area contributed by atoms with Crippen LogP contribution in [0.4, 0.5) is 0 Å². The summed E-state index contributed by atoms with van der Waals surface area (Å²) in [6, 6.07) is 70.6. The standard InChI is InChI=1S/C52H32OS/c1-3-13-33(14-4-1)38-27-35-17-7-8-18-41(35)46(30-38)52-44-21-11-9-19-42(44)51(43-20-10-12-22-45(43)52)37-24-26-49-40(29-37)32-50(54-49)36-23-25-47-39(28-36)31-48(53-47)34-15-5-2-6-16-34/h1-32H. The molecule has 1 nitrogen and oxygen atoms in total. The molecule has 54 heavy (non-hydrogen) atoms. The van der Waals surface area contributed by atoms with Gasteiger partial charge in [0.05, 0.1) is 0 Å². The molecule has 0 fully saturated rings. The molecule has 2 heterocycles. The third-order valence-corrected chi connectivity index (χ3v) is 12.0. The molecule has 0 radical (unpaired) electrons. The summed E-state index contributed by atoms with van der Waals surface area (Å²) in [6.07, 6.45) is 0. The molecule has 11 rings (SSSR count). The largest absolute Gasteiger partial charge is 0.456 e. The van der Waals surface area contributed by atoms with Gasteiger partial charge in [0.15, 0.2) is 0 Å². The summed E-state index contributed by atoms with van der Waals surface area (Å²) in [5.41, 5.74) is 10.7. The highest BCUT2D eigenvalue weighted by atomic mass is 32.1. The molecular weight excluding hydrogens is 673 g/mol. The molecule has 0 aliphatic carbocycles. The van der Waals surface area contributed by atoms with Gasteiger partial charge in [-0.25, -0.2) is 0 Å². The van der Waals surface area contributed by atoms with E-state index >= 15 is 0 Å². The summed E-state index contributed by atoms with van der Waals surface area (Å²) in [7, 11) is 0. The van der Waals surface area contributed by atoms with Crippen LogP contribution in [0.2, 0.25) is 0 Å². The predicted molar refractivity (Wildman–Crippen MR) is 231 cm³/mol. The summed E-state index contributed by atoms with van der Waals surface area (Å²) < 4.78 is 7.50. The van der Waals surface area contributed by atoms with Gasteiger partial charge in [-0.05, 0) is 131 Å². The lowest BCUT2D eigenvalue weighted by atomic mass is 9.83. The lowest BCUT2D eigenvalue weighted by Gasteiger charge is -2.19. The zero-order valence-electron chi connectivity index (χ0n) is 29.3. The van der Waals surface area contributed by atoms with Crippen LogP contribution in [-0.2, 0) is 0 Å². The van der Waals surface area contributed by atoms with E-state index in [4.69, 9.17) is 4.42 Å². The minimum atomic E-state index is 0.895. The first-order chi connectivity index (χ1) is 26.7. The Morgan fingerprint density at radius 1 is 0.333 bits per heavy atom. The molecule has 0 bridgehead atoms. The summed E-state index contributed by atoms with van der Waals surface area (Å²) in [5, 5.41) is 9.91. The van der Waals surface area contributed by atoms with Gasteiger partial charge in [0.2, 0.25) is 0 Å². The van der Waals surface area contributed by atoms with E-state index in [9.17, 15) is 0 Å². The van der Waals surface area contributed by atoms with Crippen molar-refractivity contribution < 1.29 is 4.42 Å². The Labute approximate surface area is 317 Å². The number of benzene rings is 9. The molecule has 0 amide bonds. The van der Waals surface area contributed by atoms with Crippen molar-refractivity contribution in [1.82, 2.24) is 0 Å². The summed E-state index contributed by atoms with van der Waals surface area (Å²) >= 11 is 1.84.